The summed E-state index contributed by atoms with van der Waals surface area (Å²) in [4.78, 5) is 13.8. The maximum Gasteiger partial charge on any atom is 0.143 e. The van der Waals surface area contributed by atoms with E-state index in [1.807, 2.05) is 0 Å². The Kier molecular flexibility index (Phi) is 3.45. The summed E-state index contributed by atoms with van der Waals surface area (Å²) < 4.78 is 0. The average Bonchev–Trinajstić information content (AvgIpc) is 2.15. The van der Waals surface area contributed by atoms with Crippen molar-refractivity contribution in [2.24, 2.45) is 0 Å². The Morgan fingerprint density at radius 1 is 1.77 bits per heavy atom. The Balaban J connectivity index is 2.76. The molecule has 13 heavy (non-hydrogen) atoms. The topological polar surface area (TPSA) is 74.0 Å². The fourth-order valence-corrected chi connectivity index (χ4v) is 1.29. The minimum atomic E-state index is -0.0362. The molecule has 5 heteroatoms. The number of nitrogens with one attached hydrogen (secondary N) is 1. The van der Waals surface area contributed by atoms with Gasteiger partial charge in [0.2, 0.25) is 0 Å². The van der Waals surface area contributed by atoms with Crippen LogP contribution in [0.5, 0.6) is 5.75 Å². The van der Waals surface area contributed by atoms with Crippen LogP contribution in [0.2, 0.25) is 0 Å². The van der Waals surface area contributed by atoms with Gasteiger partial charge >= 0.3 is 0 Å². The predicted octanol–water partition coefficient (Wildman–Crippen LogP) is 1.04. The first-order valence-electron chi connectivity index (χ1n) is 3.55. The molecule has 0 unspecified atom stereocenters. The summed E-state index contributed by atoms with van der Waals surface area (Å²) >= 11 is 1.04. The van der Waals surface area contributed by atoms with Gasteiger partial charge < -0.3 is 9.90 Å². The number of hydrogen-bond acceptors (Lipinski definition) is 5. The number of carbonyl (C=O) groups excluding carboxylic acids is 1. The molecule has 1 heterocycles. The van der Waals surface area contributed by atoms with Crippen molar-refractivity contribution in [2.45, 2.75) is 0 Å². The van der Waals surface area contributed by atoms with E-state index in [4.69, 9.17) is 5.41 Å². The van der Waals surface area contributed by atoms with Crippen molar-refractivity contribution in [1.29, 1.82) is 5.41 Å². The highest BCUT2D eigenvalue weighted by Gasteiger charge is 2.07. The van der Waals surface area contributed by atoms with E-state index in [2.05, 4.69) is 4.98 Å². The van der Waals surface area contributed by atoms with Crippen molar-refractivity contribution in [3.8, 4) is 5.75 Å². The Morgan fingerprint density at radius 3 is 3.15 bits per heavy atom. The molecule has 1 aromatic rings. The van der Waals surface area contributed by atoms with Gasteiger partial charge in [-0.25, -0.2) is 0 Å². The van der Waals surface area contributed by atoms with Crippen LogP contribution in [0.25, 0.3) is 0 Å². The van der Waals surface area contributed by atoms with Crippen molar-refractivity contribution in [2.75, 3.05) is 5.75 Å². The maximum absolute atomic E-state index is 10.0. The van der Waals surface area contributed by atoms with Gasteiger partial charge in [-0.1, -0.05) is 11.8 Å². The standard InChI is InChI=1S/C8H8N2O2S/c9-8(13-5-4-11)7-6(12)2-1-3-10-7/h1-4,9,12H,5H2. The zero-order valence-corrected chi connectivity index (χ0v) is 7.54. The number of hydrogen-bond donors (Lipinski definition) is 2. The third-order valence-corrected chi connectivity index (χ3v) is 2.08. The molecule has 0 fully saturated rings. The predicted molar refractivity (Wildman–Crippen MR) is 51.3 cm³/mol. The molecule has 0 aromatic carbocycles. The van der Waals surface area contributed by atoms with Crippen LogP contribution in [0.1, 0.15) is 5.69 Å². The van der Waals surface area contributed by atoms with E-state index in [0.717, 1.165) is 11.8 Å². The van der Waals surface area contributed by atoms with Gasteiger partial charge in [0, 0.05) is 6.20 Å². The minimum Gasteiger partial charge on any atom is -0.506 e. The van der Waals surface area contributed by atoms with Gasteiger partial charge in [0.05, 0.1) is 5.75 Å². The third-order valence-electron chi connectivity index (χ3n) is 1.30. The summed E-state index contributed by atoms with van der Waals surface area (Å²) in [6.07, 6.45) is 2.20. The van der Waals surface area contributed by atoms with Crippen LogP contribution in [-0.2, 0) is 4.79 Å². The third kappa shape index (κ3) is 2.55. The molecule has 0 radical (unpaired) electrons. The zero-order chi connectivity index (χ0) is 9.68. The van der Waals surface area contributed by atoms with Gasteiger partial charge in [0.1, 0.15) is 22.8 Å². The number of thioether (sulfide) groups is 1. The van der Waals surface area contributed by atoms with E-state index in [9.17, 15) is 9.90 Å². The Morgan fingerprint density at radius 2 is 2.54 bits per heavy atom. The van der Waals surface area contributed by atoms with Gasteiger partial charge in [-0.05, 0) is 12.1 Å². The summed E-state index contributed by atoms with van der Waals surface area (Å²) in [5.74, 6) is 0.167. The Labute approximate surface area is 79.5 Å². The summed E-state index contributed by atoms with van der Waals surface area (Å²) in [6.45, 7) is 0. The number of aromatic nitrogens is 1. The fourth-order valence-electron chi connectivity index (χ4n) is 0.757. The van der Waals surface area contributed by atoms with E-state index in [-0.39, 0.29) is 22.2 Å². The highest BCUT2D eigenvalue weighted by Crippen LogP contribution is 2.18. The SMILES string of the molecule is N=C(SCC=O)c1ncccc1O. The lowest BCUT2D eigenvalue weighted by atomic mass is 10.3. The molecular weight excluding hydrogens is 188 g/mol. The molecule has 0 amide bonds. The first-order valence-corrected chi connectivity index (χ1v) is 4.53. The second-order valence-electron chi connectivity index (χ2n) is 2.18. The quantitative estimate of drug-likeness (QED) is 0.430. The zero-order valence-electron chi connectivity index (χ0n) is 6.73. The van der Waals surface area contributed by atoms with E-state index in [1.165, 1.54) is 12.3 Å². The van der Waals surface area contributed by atoms with Crippen LogP contribution in [-0.4, -0.2) is 27.2 Å². The molecule has 0 bridgehead atoms. The van der Waals surface area contributed by atoms with Crippen molar-refractivity contribution < 1.29 is 9.90 Å². The van der Waals surface area contributed by atoms with Crippen molar-refractivity contribution in [3.63, 3.8) is 0 Å². The molecule has 0 saturated heterocycles. The second-order valence-corrected chi connectivity index (χ2v) is 3.21. The molecular formula is C8H8N2O2S. The van der Waals surface area contributed by atoms with Crippen LogP contribution in [0, 0.1) is 5.41 Å². The summed E-state index contributed by atoms with van der Waals surface area (Å²) in [5.41, 5.74) is 0.217. The Hall–Kier alpha value is -1.36. The minimum absolute atomic E-state index is 0.0362. The molecule has 0 saturated carbocycles. The van der Waals surface area contributed by atoms with Gasteiger partial charge in [-0.15, -0.1) is 0 Å². The lowest BCUT2D eigenvalue weighted by Crippen LogP contribution is -1.98. The number of nitrogens with zero attached hydrogens (tertiary/aromatic N) is 1. The van der Waals surface area contributed by atoms with Crippen LogP contribution < -0.4 is 0 Å². The van der Waals surface area contributed by atoms with E-state index < -0.39 is 0 Å². The molecule has 1 rings (SSSR count). The molecule has 0 spiro atoms. The van der Waals surface area contributed by atoms with Crippen LogP contribution in [0.4, 0.5) is 0 Å². The molecule has 4 nitrogen and oxygen atoms in total. The van der Waals surface area contributed by atoms with Gasteiger partial charge in [0.15, 0.2) is 0 Å². The lowest BCUT2D eigenvalue weighted by molar-refractivity contribution is -0.105. The average molecular weight is 196 g/mol. The summed E-state index contributed by atoms with van der Waals surface area (Å²) in [5, 5.41) is 16.8. The smallest absolute Gasteiger partial charge is 0.143 e. The van der Waals surface area contributed by atoms with Gasteiger partial charge in [-0.3, -0.25) is 10.4 Å². The van der Waals surface area contributed by atoms with E-state index in [0.29, 0.717) is 6.29 Å². The first kappa shape index (κ1) is 9.73. The molecule has 1 aromatic heterocycles. The number of aldehydes is 1. The van der Waals surface area contributed by atoms with Crippen molar-refractivity contribution in [1.82, 2.24) is 4.98 Å². The monoisotopic (exact) mass is 196 g/mol. The van der Waals surface area contributed by atoms with E-state index >= 15 is 0 Å². The highest BCUT2D eigenvalue weighted by atomic mass is 32.2. The molecule has 0 aliphatic heterocycles. The van der Waals surface area contributed by atoms with Crippen molar-refractivity contribution in [3.05, 3.63) is 24.0 Å². The molecule has 0 aliphatic carbocycles. The largest absolute Gasteiger partial charge is 0.506 e. The summed E-state index contributed by atoms with van der Waals surface area (Å²) in [7, 11) is 0. The molecule has 68 valence electrons. The molecule has 0 aliphatic rings. The summed E-state index contributed by atoms with van der Waals surface area (Å²) in [6, 6.07) is 3.04. The number of carbonyl (C=O) groups is 1. The van der Waals surface area contributed by atoms with Gasteiger partial charge in [-0.2, -0.15) is 0 Å². The van der Waals surface area contributed by atoms with Crippen LogP contribution in [0.3, 0.4) is 0 Å². The van der Waals surface area contributed by atoms with Crippen LogP contribution >= 0.6 is 11.8 Å². The number of aromatic hydroxyl groups is 1. The van der Waals surface area contributed by atoms with Crippen LogP contribution in [0.15, 0.2) is 18.3 Å². The van der Waals surface area contributed by atoms with Gasteiger partial charge in [0.25, 0.3) is 0 Å². The van der Waals surface area contributed by atoms with Crippen molar-refractivity contribution >= 4 is 23.1 Å². The number of rotatable bonds is 3. The van der Waals surface area contributed by atoms with E-state index in [1.54, 1.807) is 6.07 Å². The second kappa shape index (κ2) is 4.61. The fraction of sp³-hybridized carbons (Fsp3) is 0.125. The highest BCUT2D eigenvalue weighted by molar-refractivity contribution is 8.14. The lowest BCUT2D eigenvalue weighted by Gasteiger charge is -2.01. The first-order chi connectivity index (χ1) is 6.25. The Bertz CT molecular complexity index is 328. The molecule has 2 N–H and O–H groups in total. The molecule has 0 atom stereocenters. The maximum atomic E-state index is 10.0. The normalized spacial score (nSPS) is 9.54. The number of pyridine rings is 1.